The molecule has 0 aromatic heterocycles. The third-order valence-corrected chi connectivity index (χ3v) is 4.03. The lowest BCUT2D eigenvalue weighted by Crippen LogP contribution is -2.16. The lowest BCUT2D eigenvalue weighted by molar-refractivity contribution is 0.339. The summed E-state index contributed by atoms with van der Waals surface area (Å²) in [6, 6.07) is 6.94. The van der Waals surface area contributed by atoms with Gasteiger partial charge < -0.3 is 4.74 Å². The molecule has 0 saturated heterocycles. The normalized spacial score (nSPS) is 16.8. The van der Waals surface area contributed by atoms with E-state index < -0.39 is 0 Å². The van der Waals surface area contributed by atoms with Crippen molar-refractivity contribution in [3.8, 4) is 5.75 Å². The van der Waals surface area contributed by atoms with E-state index in [4.69, 9.17) is 9.73 Å². The Morgan fingerprint density at radius 3 is 2.67 bits per heavy atom. The molecule has 2 heteroatoms. The van der Waals surface area contributed by atoms with Gasteiger partial charge in [0.2, 0.25) is 0 Å². The Kier molecular flexibility index (Phi) is 5.60. The van der Waals surface area contributed by atoms with Crippen LogP contribution in [0, 0.1) is 6.92 Å². The first kappa shape index (κ1) is 15.8. The van der Waals surface area contributed by atoms with E-state index in [1.54, 1.807) is 0 Å². The zero-order chi connectivity index (χ0) is 15.2. The maximum atomic E-state index is 5.76. The number of ether oxygens (including phenoxy) is 1. The molecule has 1 aromatic carbocycles. The molecule has 0 aliphatic heterocycles. The van der Waals surface area contributed by atoms with Gasteiger partial charge in [0, 0.05) is 11.3 Å². The molecule has 0 bridgehead atoms. The van der Waals surface area contributed by atoms with E-state index in [0.717, 1.165) is 12.2 Å². The molecule has 2 nitrogen and oxygen atoms in total. The molecular formula is C19H27NO. The number of allylic oxidation sites excluding steroid dienone is 2. The number of nitrogens with zero attached hydrogens (tertiary/aromatic N) is 1. The molecule has 1 aliphatic rings. The first-order chi connectivity index (χ1) is 10.1. The predicted octanol–water partition coefficient (Wildman–Crippen LogP) is 5.20. The van der Waals surface area contributed by atoms with Crippen molar-refractivity contribution in [3.63, 3.8) is 0 Å². The first-order valence-corrected chi connectivity index (χ1v) is 8.12. The van der Waals surface area contributed by atoms with E-state index in [0.29, 0.717) is 12.6 Å². The third kappa shape index (κ3) is 4.20. The molecule has 0 amide bonds. The molecule has 0 unspecified atom stereocenters. The van der Waals surface area contributed by atoms with Crippen LogP contribution < -0.4 is 4.74 Å². The van der Waals surface area contributed by atoms with Gasteiger partial charge in [0.25, 0.3) is 0 Å². The zero-order valence-electron chi connectivity index (χ0n) is 13.8. The highest BCUT2D eigenvalue weighted by atomic mass is 16.5. The Balaban J connectivity index is 2.28. The van der Waals surface area contributed by atoms with Crippen molar-refractivity contribution >= 4 is 11.3 Å². The number of benzene rings is 1. The molecule has 0 radical (unpaired) electrons. The van der Waals surface area contributed by atoms with Crippen molar-refractivity contribution in [2.45, 2.75) is 59.4 Å². The van der Waals surface area contributed by atoms with E-state index >= 15 is 0 Å². The smallest absolute Gasteiger partial charge is 0.126 e. The van der Waals surface area contributed by atoms with Gasteiger partial charge in [0.15, 0.2) is 0 Å². The van der Waals surface area contributed by atoms with Crippen molar-refractivity contribution in [1.82, 2.24) is 0 Å². The maximum absolute atomic E-state index is 5.76. The Bertz CT molecular complexity index is 538. The highest BCUT2D eigenvalue weighted by Gasteiger charge is 2.16. The van der Waals surface area contributed by atoms with Crippen LogP contribution in [0.5, 0.6) is 5.75 Å². The minimum Gasteiger partial charge on any atom is -0.493 e. The van der Waals surface area contributed by atoms with E-state index in [2.05, 4.69) is 45.0 Å². The zero-order valence-corrected chi connectivity index (χ0v) is 13.8. The highest BCUT2D eigenvalue weighted by Crippen LogP contribution is 2.28. The summed E-state index contributed by atoms with van der Waals surface area (Å²) >= 11 is 0. The first-order valence-electron chi connectivity index (χ1n) is 8.12. The number of hydrogen-bond donors (Lipinski definition) is 0. The van der Waals surface area contributed by atoms with Crippen molar-refractivity contribution in [3.05, 3.63) is 35.4 Å². The average Bonchev–Trinajstić information content (AvgIpc) is 2.43. The average molecular weight is 285 g/mol. The second kappa shape index (κ2) is 7.44. The maximum Gasteiger partial charge on any atom is 0.126 e. The summed E-state index contributed by atoms with van der Waals surface area (Å²) in [6.45, 7) is 9.18. The molecule has 1 aromatic rings. The summed E-state index contributed by atoms with van der Waals surface area (Å²) < 4.78 is 5.76. The molecule has 0 heterocycles. The fourth-order valence-corrected chi connectivity index (χ4v) is 2.54. The summed E-state index contributed by atoms with van der Waals surface area (Å²) in [7, 11) is 0. The molecule has 1 saturated carbocycles. The molecule has 114 valence electrons. The van der Waals surface area contributed by atoms with Gasteiger partial charge >= 0.3 is 0 Å². The van der Waals surface area contributed by atoms with Crippen molar-refractivity contribution in [2.24, 2.45) is 4.99 Å². The second-order valence-corrected chi connectivity index (χ2v) is 5.82. The van der Waals surface area contributed by atoms with E-state index in [1.807, 2.05) is 6.92 Å². The minimum absolute atomic E-state index is 0.563. The van der Waals surface area contributed by atoms with Crippen LogP contribution in [-0.2, 0) is 0 Å². The molecule has 0 N–H and O–H groups in total. The molecule has 2 rings (SSSR count). The minimum atomic E-state index is 0.563. The van der Waals surface area contributed by atoms with E-state index in [9.17, 15) is 0 Å². The quantitative estimate of drug-likeness (QED) is 0.658. The summed E-state index contributed by atoms with van der Waals surface area (Å²) in [5, 5.41) is 0. The van der Waals surface area contributed by atoms with Gasteiger partial charge in [-0.25, -0.2) is 0 Å². The van der Waals surface area contributed by atoms with Crippen molar-refractivity contribution in [2.75, 3.05) is 6.61 Å². The van der Waals surface area contributed by atoms with Crippen LogP contribution in [0.1, 0.15) is 57.6 Å². The molecule has 0 spiro atoms. The fourth-order valence-electron chi connectivity index (χ4n) is 2.54. The van der Waals surface area contributed by atoms with Gasteiger partial charge in [0.05, 0.1) is 12.6 Å². The van der Waals surface area contributed by atoms with Gasteiger partial charge in [-0.3, -0.25) is 4.99 Å². The van der Waals surface area contributed by atoms with Crippen LogP contribution in [-0.4, -0.2) is 18.4 Å². The van der Waals surface area contributed by atoms with Gasteiger partial charge in [-0.2, -0.15) is 0 Å². The largest absolute Gasteiger partial charge is 0.493 e. The van der Waals surface area contributed by atoms with E-state index in [-0.39, 0.29) is 0 Å². The van der Waals surface area contributed by atoms with Crippen LogP contribution in [0.3, 0.4) is 0 Å². The highest BCUT2D eigenvalue weighted by molar-refractivity contribution is 6.01. The number of aryl methyl sites for hydroxylation is 1. The molecule has 0 atom stereocenters. The summed E-state index contributed by atoms with van der Waals surface area (Å²) in [6.07, 6.45) is 7.06. The molecular weight excluding hydrogens is 258 g/mol. The van der Waals surface area contributed by atoms with Crippen LogP contribution in [0.15, 0.2) is 29.3 Å². The third-order valence-electron chi connectivity index (χ3n) is 4.03. The Morgan fingerprint density at radius 2 is 2.10 bits per heavy atom. The summed E-state index contributed by atoms with van der Waals surface area (Å²) in [4.78, 5) is 4.86. The van der Waals surface area contributed by atoms with Crippen molar-refractivity contribution < 1.29 is 4.74 Å². The van der Waals surface area contributed by atoms with Crippen LogP contribution in [0.4, 0.5) is 0 Å². The molecule has 21 heavy (non-hydrogen) atoms. The SMILES string of the molecule is CCOc1ccc(C)cc1/C(C)=C/C(CC)=NC1CCC1. The number of rotatable bonds is 6. The van der Waals surface area contributed by atoms with Crippen molar-refractivity contribution in [1.29, 1.82) is 0 Å². The van der Waals surface area contributed by atoms with Gasteiger partial charge in [-0.15, -0.1) is 0 Å². The Hall–Kier alpha value is -1.57. The molecule has 1 aliphatic carbocycles. The van der Waals surface area contributed by atoms with Gasteiger partial charge in [-0.1, -0.05) is 18.6 Å². The number of hydrogen-bond acceptors (Lipinski definition) is 2. The molecule has 1 fully saturated rings. The lowest BCUT2D eigenvalue weighted by Gasteiger charge is -2.22. The predicted molar refractivity (Wildman–Crippen MR) is 91.4 cm³/mol. The standard InChI is InChI=1S/C19H27NO/c1-5-16(20-17-8-7-9-17)13-15(4)18-12-14(3)10-11-19(18)21-6-2/h10-13,17H,5-9H2,1-4H3/b15-13+,20-16?. The van der Waals surface area contributed by atoms with Crippen LogP contribution >= 0.6 is 0 Å². The Labute approximate surface area is 128 Å². The lowest BCUT2D eigenvalue weighted by atomic mass is 9.93. The monoisotopic (exact) mass is 285 g/mol. The van der Waals surface area contributed by atoms with Gasteiger partial charge in [0.1, 0.15) is 5.75 Å². The van der Waals surface area contributed by atoms with Crippen LogP contribution in [0.25, 0.3) is 5.57 Å². The fraction of sp³-hybridized carbons (Fsp3) is 0.526. The second-order valence-electron chi connectivity index (χ2n) is 5.82. The van der Waals surface area contributed by atoms with Gasteiger partial charge in [-0.05, 0) is 70.2 Å². The van der Waals surface area contributed by atoms with Crippen LogP contribution in [0.2, 0.25) is 0 Å². The summed E-state index contributed by atoms with van der Waals surface area (Å²) in [5.41, 5.74) is 4.89. The summed E-state index contributed by atoms with van der Waals surface area (Å²) in [5.74, 6) is 0.968. The van der Waals surface area contributed by atoms with E-state index in [1.165, 1.54) is 41.7 Å². The topological polar surface area (TPSA) is 21.6 Å². The Morgan fingerprint density at radius 1 is 1.33 bits per heavy atom. The number of aliphatic imine (C=N–C) groups is 1.